The van der Waals surface area contributed by atoms with Crippen molar-refractivity contribution in [3.8, 4) is 0 Å². The van der Waals surface area contributed by atoms with Gasteiger partial charge in [-0.2, -0.15) is 4.31 Å². The predicted molar refractivity (Wildman–Crippen MR) is 87.2 cm³/mol. The number of pyridine rings is 1. The molecule has 2 heterocycles. The molecule has 0 bridgehead atoms. The second kappa shape index (κ2) is 6.78. The molecule has 5 nitrogen and oxygen atoms in total. The van der Waals surface area contributed by atoms with Gasteiger partial charge in [-0.3, -0.25) is 4.98 Å². The molecule has 1 aromatic carbocycles. The van der Waals surface area contributed by atoms with Crippen LogP contribution < -0.4 is 0 Å². The van der Waals surface area contributed by atoms with E-state index in [1.54, 1.807) is 18.3 Å². The van der Waals surface area contributed by atoms with Crippen LogP contribution in [0.3, 0.4) is 0 Å². The molecular formula is C17H20N2O3S. The summed E-state index contributed by atoms with van der Waals surface area (Å²) in [6, 6.07) is 12.4. The van der Waals surface area contributed by atoms with Gasteiger partial charge in [0.2, 0.25) is 10.0 Å². The van der Waals surface area contributed by atoms with Crippen molar-refractivity contribution in [3.05, 3.63) is 60.4 Å². The lowest BCUT2D eigenvalue weighted by atomic mass is 10.0. The van der Waals surface area contributed by atoms with Crippen LogP contribution in [-0.2, 0) is 10.0 Å². The molecule has 0 unspecified atom stereocenters. The number of benzene rings is 1. The van der Waals surface area contributed by atoms with Crippen molar-refractivity contribution in [2.24, 2.45) is 0 Å². The maximum Gasteiger partial charge on any atom is 0.244 e. The lowest BCUT2D eigenvalue weighted by molar-refractivity contribution is 0.142. The zero-order chi connectivity index (χ0) is 16.3. The van der Waals surface area contributed by atoms with E-state index in [0.29, 0.717) is 13.0 Å². The number of aromatic nitrogens is 1. The van der Waals surface area contributed by atoms with Gasteiger partial charge in [-0.15, -0.1) is 0 Å². The zero-order valence-electron chi connectivity index (χ0n) is 12.7. The van der Waals surface area contributed by atoms with Crippen LogP contribution in [0, 0.1) is 0 Å². The molecule has 3 rings (SSSR count). The molecule has 1 aromatic heterocycles. The number of hydrogen-bond donors (Lipinski definition) is 1. The Morgan fingerprint density at radius 1 is 1.22 bits per heavy atom. The first-order chi connectivity index (χ1) is 11.1. The van der Waals surface area contributed by atoms with Crippen molar-refractivity contribution in [3.63, 3.8) is 0 Å². The summed E-state index contributed by atoms with van der Waals surface area (Å²) >= 11 is 0. The first-order valence-electron chi connectivity index (χ1n) is 7.74. The van der Waals surface area contributed by atoms with Crippen molar-refractivity contribution in [2.45, 2.75) is 36.3 Å². The van der Waals surface area contributed by atoms with Crippen LogP contribution in [-0.4, -0.2) is 35.4 Å². The van der Waals surface area contributed by atoms with Crippen LogP contribution in [0.1, 0.15) is 30.9 Å². The fourth-order valence-corrected chi connectivity index (χ4v) is 4.73. The molecule has 0 amide bonds. The van der Waals surface area contributed by atoms with Crippen LogP contribution in [0.15, 0.2) is 59.8 Å². The standard InChI is InChI=1S/C17H20N2O3S/c20-17(14-6-2-1-3-7-14)12-15-8-5-11-19(15)23(21,22)16-9-4-10-18-13-16/h1-4,6-7,9-10,13,15,17,20H,5,8,11-12H2/t15-,17+/m0/s1. The third-order valence-electron chi connectivity index (χ3n) is 4.24. The maximum absolute atomic E-state index is 12.8. The van der Waals surface area contributed by atoms with Gasteiger partial charge in [0.05, 0.1) is 6.10 Å². The summed E-state index contributed by atoms with van der Waals surface area (Å²) in [5, 5.41) is 10.4. The minimum atomic E-state index is -3.56. The molecule has 2 atom stereocenters. The molecule has 1 N–H and O–H groups in total. The fourth-order valence-electron chi connectivity index (χ4n) is 3.07. The topological polar surface area (TPSA) is 70.5 Å². The highest BCUT2D eigenvalue weighted by molar-refractivity contribution is 7.89. The Bertz CT molecular complexity index is 735. The van der Waals surface area contributed by atoms with Gasteiger partial charge >= 0.3 is 0 Å². The Balaban J connectivity index is 1.78. The van der Waals surface area contributed by atoms with Gasteiger partial charge in [0.1, 0.15) is 4.90 Å². The quantitative estimate of drug-likeness (QED) is 0.912. The molecule has 122 valence electrons. The maximum atomic E-state index is 12.8. The van der Waals surface area contributed by atoms with E-state index in [0.717, 1.165) is 18.4 Å². The Morgan fingerprint density at radius 3 is 2.70 bits per heavy atom. The fraction of sp³-hybridized carbons (Fsp3) is 0.353. The monoisotopic (exact) mass is 332 g/mol. The minimum absolute atomic E-state index is 0.185. The van der Waals surface area contributed by atoms with E-state index >= 15 is 0 Å². The Morgan fingerprint density at radius 2 is 2.00 bits per heavy atom. The highest BCUT2D eigenvalue weighted by Crippen LogP contribution is 2.31. The second-order valence-electron chi connectivity index (χ2n) is 5.76. The predicted octanol–water partition coefficient (Wildman–Crippen LogP) is 2.36. The molecule has 1 saturated heterocycles. The van der Waals surface area contributed by atoms with E-state index in [4.69, 9.17) is 0 Å². The normalized spacial score (nSPS) is 20.5. The van der Waals surface area contributed by atoms with E-state index in [1.165, 1.54) is 10.5 Å². The summed E-state index contributed by atoms with van der Waals surface area (Å²) in [6.07, 6.45) is 4.25. The molecular weight excluding hydrogens is 312 g/mol. The van der Waals surface area contributed by atoms with Gasteiger partial charge in [0, 0.05) is 25.0 Å². The third-order valence-corrected chi connectivity index (χ3v) is 6.18. The number of aliphatic hydroxyl groups is 1. The van der Waals surface area contributed by atoms with Crippen LogP contribution in [0.5, 0.6) is 0 Å². The molecule has 1 aliphatic rings. The summed E-state index contributed by atoms with van der Waals surface area (Å²) in [7, 11) is -3.56. The molecule has 0 radical (unpaired) electrons. The Hall–Kier alpha value is -1.76. The highest BCUT2D eigenvalue weighted by atomic mass is 32.2. The van der Waals surface area contributed by atoms with Gasteiger partial charge in [-0.05, 0) is 37.0 Å². The van der Waals surface area contributed by atoms with Crippen molar-refractivity contribution >= 4 is 10.0 Å². The van der Waals surface area contributed by atoms with Crippen LogP contribution in [0.4, 0.5) is 0 Å². The Kier molecular flexibility index (Phi) is 4.75. The summed E-state index contributed by atoms with van der Waals surface area (Å²) in [4.78, 5) is 4.11. The number of hydrogen-bond acceptors (Lipinski definition) is 4. The largest absolute Gasteiger partial charge is 0.388 e. The molecule has 0 spiro atoms. The average molecular weight is 332 g/mol. The molecule has 6 heteroatoms. The molecule has 1 aliphatic heterocycles. The molecule has 2 aromatic rings. The highest BCUT2D eigenvalue weighted by Gasteiger charge is 2.36. The van der Waals surface area contributed by atoms with E-state index in [9.17, 15) is 13.5 Å². The summed E-state index contributed by atoms with van der Waals surface area (Å²) in [5.41, 5.74) is 0.818. The molecule has 23 heavy (non-hydrogen) atoms. The number of aliphatic hydroxyl groups excluding tert-OH is 1. The lowest BCUT2D eigenvalue weighted by Crippen LogP contribution is -2.36. The van der Waals surface area contributed by atoms with E-state index < -0.39 is 16.1 Å². The molecule has 0 saturated carbocycles. The van der Waals surface area contributed by atoms with Crippen LogP contribution >= 0.6 is 0 Å². The average Bonchev–Trinajstić information content (AvgIpc) is 3.05. The van der Waals surface area contributed by atoms with Crippen LogP contribution in [0.25, 0.3) is 0 Å². The summed E-state index contributed by atoms with van der Waals surface area (Å²) < 4.78 is 27.0. The number of nitrogens with zero attached hydrogens (tertiary/aromatic N) is 2. The van der Waals surface area contributed by atoms with Crippen molar-refractivity contribution in [2.75, 3.05) is 6.54 Å². The SMILES string of the molecule is O=S(=O)(c1cccnc1)N1CCC[C@H]1C[C@@H](O)c1ccccc1. The zero-order valence-corrected chi connectivity index (χ0v) is 13.6. The van der Waals surface area contributed by atoms with Gasteiger partial charge in [-0.25, -0.2) is 8.42 Å². The summed E-state index contributed by atoms with van der Waals surface area (Å²) in [5.74, 6) is 0. The van der Waals surface area contributed by atoms with Crippen molar-refractivity contribution in [1.82, 2.24) is 9.29 Å². The van der Waals surface area contributed by atoms with Crippen molar-refractivity contribution in [1.29, 1.82) is 0 Å². The molecule has 1 fully saturated rings. The van der Waals surface area contributed by atoms with E-state index in [1.807, 2.05) is 30.3 Å². The van der Waals surface area contributed by atoms with E-state index in [-0.39, 0.29) is 10.9 Å². The van der Waals surface area contributed by atoms with E-state index in [2.05, 4.69) is 4.98 Å². The van der Waals surface area contributed by atoms with Gasteiger partial charge < -0.3 is 5.11 Å². The minimum Gasteiger partial charge on any atom is -0.388 e. The summed E-state index contributed by atoms with van der Waals surface area (Å²) in [6.45, 7) is 0.489. The van der Waals surface area contributed by atoms with Gasteiger partial charge in [-0.1, -0.05) is 30.3 Å². The second-order valence-corrected chi connectivity index (χ2v) is 7.65. The first kappa shape index (κ1) is 16.1. The van der Waals surface area contributed by atoms with Gasteiger partial charge in [0.25, 0.3) is 0 Å². The lowest BCUT2D eigenvalue weighted by Gasteiger charge is -2.26. The number of rotatable bonds is 5. The first-order valence-corrected chi connectivity index (χ1v) is 9.18. The third kappa shape index (κ3) is 3.44. The van der Waals surface area contributed by atoms with Crippen molar-refractivity contribution < 1.29 is 13.5 Å². The van der Waals surface area contributed by atoms with Gasteiger partial charge in [0.15, 0.2) is 0 Å². The van der Waals surface area contributed by atoms with Crippen LogP contribution in [0.2, 0.25) is 0 Å². The smallest absolute Gasteiger partial charge is 0.244 e. The Labute approximate surface area is 136 Å². The molecule has 0 aliphatic carbocycles. The number of sulfonamides is 1.